The molecule has 0 unspecified atom stereocenters. The van der Waals surface area contributed by atoms with E-state index >= 15 is 0 Å². The molecule has 0 atom stereocenters. The summed E-state index contributed by atoms with van der Waals surface area (Å²) in [4.78, 5) is 19.4. The topological polar surface area (TPSA) is 73.3 Å². The highest BCUT2D eigenvalue weighted by Crippen LogP contribution is 2.29. The van der Waals surface area contributed by atoms with Crippen molar-refractivity contribution in [2.24, 2.45) is 5.41 Å². The molecular weight excluding hydrogens is 246 g/mol. The first-order valence-electron chi connectivity index (χ1n) is 6.35. The fourth-order valence-electron chi connectivity index (χ4n) is 1.97. The van der Waals surface area contributed by atoms with Gasteiger partial charge in [-0.2, -0.15) is 0 Å². The van der Waals surface area contributed by atoms with Crippen LogP contribution in [0.2, 0.25) is 0 Å². The summed E-state index contributed by atoms with van der Waals surface area (Å²) in [5, 5.41) is 3.26. The van der Waals surface area contributed by atoms with Crippen molar-refractivity contribution in [1.29, 1.82) is 0 Å². The highest BCUT2D eigenvalue weighted by atomic mass is 16.5. The quantitative estimate of drug-likeness (QED) is 0.831. The average Bonchev–Trinajstić information content (AvgIpc) is 2.46. The number of rotatable bonds is 4. The van der Waals surface area contributed by atoms with Gasteiger partial charge in [0, 0.05) is 19.8 Å². The van der Waals surface area contributed by atoms with Gasteiger partial charge in [0.15, 0.2) is 5.69 Å². The number of anilines is 1. The van der Waals surface area contributed by atoms with Gasteiger partial charge >= 0.3 is 5.97 Å². The summed E-state index contributed by atoms with van der Waals surface area (Å²) in [5.41, 5.74) is 0.436. The van der Waals surface area contributed by atoms with Crippen molar-refractivity contribution in [2.75, 3.05) is 32.2 Å². The Hall–Kier alpha value is -1.69. The normalized spacial score (nSPS) is 17.8. The van der Waals surface area contributed by atoms with Crippen LogP contribution >= 0.6 is 0 Å². The summed E-state index contributed by atoms with van der Waals surface area (Å²) in [7, 11) is 1.32. The van der Waals surface area contributed by atoms with Crippen LogP contribution in [0.1, 0.15) is 30.3 Å². The average molecular weight is 265 g/mol. The molecule has 2 rings (SSSR count). The Morgan fingerprint density at radius 2 is 2.16 bits per heavy atom. The molecule has 1 fully saturated rings. The van der Waals surface area contributed by atoms with Crippen LogP contribution in [0.15, 0.2) is 12.4 Å². The number of carbonyl (C=O) groups excluding carboxylic acids is 1. The predicted molar refractivity (Wildman–Crippen MR) is 70.0 cm³/mol. The van der Waals surface area contributed by atoms with E-state index in [4.69, 9.17) is 4.74 Å². The van der Waals surface area contributed by atoms with Crippen molar-refractivity contribution in [2.45, 2.75) is 19.8 Å². The molecule has 1 aromatic heterocycles. The molecule has 1 N–H and O–H groups in total. The fraction of sp³-hybridized carbons (Fsp3) is 0.615. The van der Waals surface area contributed by atoms with Crippen molar-refractivity contribution in [3.8, 4) is 0 Å². The predicted octanol–water partition coefficient (Wildman–Crippen LogP) is 1.49. The fourth-order valence-corrected chi connectivity index (χ4v) is 1.97. The van der Waals surface area contributed by atoms with Crippen molar-refractivity contribution < 1.29 is 14.3 Å². The molecule has 6 nitrogen and oxygen atoms in total. The summed E-state index contributed by atoms with van der Waals surface area (Å²) in [6.07, 6.45) is 5.04. The van der Waals surface area contributed by atoms with Crippen LogP contribution in [0, 0.1) is 5.41 Å². The Morgan fingerprint density at radius 3 is 2.74 bits per heavy atom. The minimum atomic E-state index is -0.476. The van der Waals surface area contributed by atoms with Crippen LogP contribution in [-0.4, -0.2) is 42.8 Å². The third kappa shape index (κ3) is 3.64. The zero-order chi connectivity index (χ0) is 13.7. The first kappa shape index (κ1) is 13.7. The van der Waals surface area contributed by atoms with E-state index in [0.717, 1.165) is 32.6 Å². The van der Waals surface area contributed by atoms with Crippen molar-refractivity contribution in [3.63, 3.8) is 0 Å². The molecule has 1 aliphatic rings. The van der Waals surface area contributed by atoms with Gasteiger partial charge in [0.2, 0.25) is 0 Å². The first-order valence-corrected chi connectivity index (χ1v) is 6.35. The van der Waals surface area contributed by atoms with E-state index in [2.05, 4.69) is 26.9 Å². The molecule has 2 heterocycles. The summed E-state index contributed by atoms with van der Waals surface area (Å²) in [6, 6.07) is 0. The molecule has 1 saturated heterocycles. The molecule has 19 heavy (non-hydrogen) atoms. The lowest BCUT2D eigenvalue weighted by Crippen LogP contribution is -2.33. The van der Waals surface area contributed by atoms with Crippen molar-refractivity contribution >= 4 is 11.8 Å². The minimum absolute atomic E-state index is 0.213. The maximum atomic E-state index is 11.2. The van der Waals surface area contributed by atoms with Crippen LogP contribution < -0.4 is 5.32 Å². The highest BCUT2D eigenvalue weighted by Gasteiger charge is 2.27. The van der Waals surface area contributed by atoms with E-state index < -0.39 is 5.97 Å². The lowest BCUT2D eigenvalue weighted by Gasteiger charge is -2.33. The Bertz CT molecular complexity index is 427. The molecular formula is C13H19N3O3. The van der Waals surface area contributed by atoms with Gasteiger partial charge in [-0.25, -0.2) is 14.8 Å². The maximum Gasteiger partial charge on any atom is 0.358 e. The van der Waals surface area contributed by atoms with Crippen LogP contribution in [0.4, 0.5) is 5.82 Å². The number of nitrogens with zero attached hydrogens (tertiary/aromatic N) is 2. The second-order valence-corrected chi connectivity index (χ2v) is 5.06. The maximum absolute atomic E-state index is 11.2. The molecule has 1 aliphatic heterocycles. The summed E-state index contributed by atoms with van der Waals surface area (Å²) >= 11 is 0. The van der Waals surface area contributed by atoms with E-state index in [-0.39, 0.29) is 11.1 Å². The number of ether oxygens (including phenoxy) is 2. The van der Waals surface area contributed by atoms with Gasteiger partial charge in [-0.1, -0.05) is 6.92 Å². The van der Waals surface area contributed by atoms with E-state index in [1.165, 1.54) is 13.3 Å². The third-order valence-electron chi connectivity index (χ3n) is 3.44. The lowest BCUT2D eigenvalue weighted by atomic mass is 9.82. The molecule has 1 aromatic rings. The van der Waals surface area contributed by atoms with Crippen molar-refractivity contribution in [1.82, 2.24) is 9.97 Å². The van der Waals surface area contributed by atoms with Gasteiger partial charge in [0.25, 0.3) is 0 Å². The molecule has 0 aromatic carbocycles. The third-order valence-corrected chi connectivity index (χ3v) is 3.44. The van der Waals surface area contributed by atoms with Crippen LogP contribution in [0.25, 0.3) is 0 Å². The van der Waals surface area contributed by atoms with Gasteiger partial charge in [-0.3, -0.25) is 0 Å². The number of nitrogens with one attached hydrogen (secondary N) is 1. The number of aromatic nitrogens is 2. The standard InChI is InChI=1S/C13H19N3O3/c1-13(3-5-19-6-4-13)9-16-11-8-14-10(7-15-11)12(17)18-2/h7-8H,3-6,9H2,1-2H3,(H,15,16). The first-order chi connectivity index (χ1) is 9.13. The number of carbonyl (C=O) groups is 1. The Balaban J connectivity index is 1.91. The van der Waals surface area contributed by atoms with Gasteiger partial charge in [-0.15, -0.1) is 0 Å². The van der Waals surface area contributed by atoms with Gasteiger partial charge in [0.1, 0.15) is 5.82 Å². The molecule has 104 valence electrons. The van der Waals surface area contributed by atoms with E-state index in [9.17, 15) is 4.79 Å². The molecule has 0 radical (unpaired) electrons. The smallest absolute Gasteiger partial charge is 0.358 e. The summed E-state index contributed by atoms with van der Waals surface area (Å²) in [5.74, 6) is 0.191. The number of hydrogen-bond acceptors (Lipinski definition) is 6. The van der Waals surface area contributed by atoms with E-state index in [0.29, 0.717) is 5.82 Å². The highest BCUT2D eigenvalue weighted by molar-refractivity contribution is 5.86. The monoisotopic (exact) mass is 265 g/mol. The van der Waals surface area contributed by atoms with E-state index in [1.54, 1.807) is 6.20 Å². The number of methoxy groups -OCH3 is 1. The molecule has 0 amide bonds. The lowest BCUT2D eigenvalue weighted by molar-refractivity contribution is 0.0299. The number of hydrogen-bond donors (Lipinski definition) is 1. The molecule has 0 spiro atoms. The molecule has 6 heteroatoms. The SMILES string of the molecule is COC(=O)c1cnc(NCC2(C)CCOCC2)cn1. The minimum Gasteiger partial charge on any atom is -0.464 e. The van der Waals surface area contributed by atoms with Gasteiger partial charge in [0.05, 0.1) is 19.5 Å². The summed E-state index contributed by atoms with van der Waals surface area (Å²) in [6.45, 7) is 4.68. The second-order valence-electron chi connectivity index (χ2n) is 5.06. The zero-order valence-corrected chi connectivity index (χ0v) is 11.3. The second kappa shape index (κ2) is 5.97. The van der Waals surface area contributed by atoms with Gasteiger partial charge in [-0.05, 0) is 18.3 Å². The Morgan fingerprint density at radius 1 is 1.42 bits per heavy atom. The largest absolute Gasteiger partial charge is 0.464 e. The van der Waals surface area contributed by atoms with Crippen LogP contribution in [0.5, 0.6) is 0 Å². The molecule has 0 saturated carbocycles. The Kier molecular flexibility index (Phi) is 4.31. The van der Waals surface area contributed by atoms with Crippen molar-refractivity contribution in [3.05, 3.63) is 18.1 Å². The molecule has 0 bridgehead atoms. The Labute approximate surface area is 112 Å². The summed E-state index contributed by atoms with van der Waals surface area (Å²) < 4.78 is 9.94. The van der Waals surface area contributed by atoms with E-state index in [1.807, 2.05) is 0 Å². The van der Waals surface area contributed by atoms with Gasteiger partial charge < -0.3 is 14.8 Å². The molecule has 0 aliphatic carbocycles. The van der Waals surface area contributed by atoms with Crippen LogP contribution in [-0.2, 0) is 9.47 Å². The zero-order valence-electron chi connectivity index (χ0n) is 11.3. The number of esters is 1. The van der Waals surface area contributed by atoms with Crippen LogP contribution in [0.3, 0.4) is 0 Å².